The zero-order valence-corrected chi connectivity index (χ0v) is 20.8. The average molecular weight is 482 g/mol. The molecule has 0 aliphatic carbocycles. The number of aromatic amines is 1. The van der Waals surface area contributed by atoms with Crippen LogP contribution in [0.15, 0.2) is 54.5 Å². The van der Waals surface area contributed by atoms with Crippen LogP contribution in [-0.4, -0.2) is 48.1 Å². The van der Waals surface area contributed by atoms with E-state index in [4.69, 9.17) is 21.1 Å². The van der Waals surface area contributed by atoms with Crippen molar-refractivity contribution < 1.29 is 26.2 Å². The molecule has 186 valence electrons. The van der Waals surface area contributed by atoms with Gasteiger partial charge in [-0.15, -0.1) is 0 Å². The van der Waals surface area contributed by atoms with Gasteiger partial charge in [0.2, 0.25) is 0 Å². The Bertz CT molecular complexity index is 1540. The van der Waals surface area contributed by atoms with E-state index < -0.39 is 12.1 Å². The maximum atomic E-state index is 10.9. The molecule has 0 aliphatic heterocycles. The van der Waals surface area contributed by atoms with E-state index in [2.05, 4.69) is 10.3 Å². The Morgan fingerprint density at radius 1 is 0.943 bits per heavy atom. The second-order valence-electron chi connectivity index (χ2n) is 8.75. The maximum absolute atomic E-state index is 10.9. The molecule has 4 rings (SSSR count). The van der Waals surface area contributed by atoms with Gasteiger partial charge in [-0.3, -0.25) is 0 Å². The van der Waals surface area contributed by atoms with Crippen LogP contribution in [0, 0.1) is 13.8 Å². The molecule has 0 bridgehead atoms. The number of fused-ring (bicyclic) bond motifs is 3. The Hall–Kier alpha value is -3.22. The van der Waals surface area contributed by atoms with Gasteiger partial charge in [-0.2, -0.15) is 0 Å². The number of aliphatic hydroxyl groups excluding tert-OH is 1. The minimum atomic E-state index is -0.978. The molecule has 3 unspecified atom stereocenters. The predicted octanol–water partition coefficient (Wildman–Crippen LogP) is 5.52. The molecule has 6 nitrogen and oxygen atoms in total. The molecule has 0 amide bonds. The van der Waals surface area contributed by atoms with Crippen LogP contribution in [0.5, 0.6) is 17.2 Å². The Balaban J connectivity index is 1.52. The molecule has 3 N–H and O–H groups in total. The van der Waals surface area contributed by atoms with E-state index in [0.717, 1.165) is 0 Å². The number of aromatic nitrogens is 1. The highest BCUT2D eigenvalue weighted by atomic mass is 16.5. The summed E-state index contributed by atoms with van der Waals surface area (Å²) in [7, 11) is 0. The van der Waals surface area contributed by atoms with E-state index in [-0.39, 0.29) is 54.1 Å². The van der Waals surface area contributed by atoms with Crippen molar-refractivity contribution in [2.24, 2.45) is 0 Å². The zero-order valence-electron chi connectivity index (χ0n) is 25.8. The lowest BCUT2D eigenvalue weighted by Crippen LogP contribution is -2.46. The fourth-order valence-corrected chi connectivity index (χ4v) is 3.90. The number of hydrogen-bond acceptors (Lipinski definition) is 5. The second kappa shape index (κ2) is 11.0. The number of aliphatic hydroxyl groups is 1. The Kier molecular flexibility index (Phi) is 5.99. The van der Waals surface area contributed by atoms with E-state index >= 15 is 0 Å². The van der Waals surface area contributed by atoms with Crippen molar-refractivity contribution in [2.75, 3.05) is 19.8 Å². The van der Waals surface area contributed by atoms with Gasteiger partial charge >= 0.3 is 0 Å². The second-order valence-corrected chi connectivity index (χ2v) is 8.75. The van der Waals surface area contributed by atoms with Crippen LogP contribution in [0.25, 0.3) is 21.8 Å². The number of rotatable bonds is 11. The van der Waals surface area contributed by atoms with Crippen LogP contribution >= 0.6 is 0 Å². The summed E-state index contributed by atoms with van der Waals surface area (Å²) in [4.78, 5) is 3.03. The smallest absolute Gasteiger partial charge is 0.161 e. The largest absolute Gasteiger partial charge is 0.490 e. The number of H-pyrrole nitrogens is 1. The van der Waals surface area contributed by atoms with Gasteiger partial charge in [0.05, 0.1) is 19.0 Å². The third-order valence-corrected chi connectivity index (χ3v) is 5.94. The van der Waals surface area contributed by atoms with Gasteiger partial charge in [0, 0.05) is 28.4 Å². The van der Waals surface area contributed by atoms with Crippen molar-refractivity contribution in [1.29, 1.82) is 0 Å². The monoisotopic (exact) mass is 481 g/mol. The van der Waals surface area contributed by atoms with Crippen molar-refractivity contribution in [1.82, 2.24) is 10.3 Å². The molecular weight excluding hydrogens is 440 g/mol. The molecule has 0 aliphatic rings. The third-order valence-electron chi connectivity index (χ3n) is 5.94. The molecule has 0 fully saturated rings. The van der Waals surface area contributed by atoms with E-state index in [1.165, 1.54) is 0 Å². The number of para-hydroxylation sites is 2. The molecule has 35 heavy (non-hydrogen) atoms. The summed E-state index contributed by atoms with van der Waals surface area (Å²) >= 11 is 0. The van der Waals surface area contributed by atoms with Gasteiger partial charge in [-0.25, -0.2) is 0 Å². The van der Waals surface area contributed by atoms with E-state index in [1.54, 1.807) is 13.8 Å². The minimum absolute atomic E-state index is 0.00793. The molecule has 3 atom stereocenters. The Morgan fingerprint density at radius 3 is 2.37 bits per heavy atom. The van der Waals surface area contributed by atoms with Crippen LogP contribution in [0.2, 0.25) is 0 Å². The molecule has 6 heteroatoms. The lowest BCUT2D eigenvalue weighted by atomic mass is 10.1. The molecule has 1 aromatic heterocycles. The third kappa shape index (κ3) is 5.72. The van der Waals surface area contributed by atoms with E-state index in [0.29, 0.717) is 52.1 Å². The maximum Gasteiger partial charge on any atom is 0.161 e. The van der Waals surface area contributed by atoms with Gasteiger partial charge in [0.15, 0.2) is 11.5 Å². The predicted molar refractivity (Wildman–Crippen MR) is 142 cm³/mol. The van der Waals surface area contributed by atoms with Crippen molar-refractivity contribution in [2.45, 2.75) is 52.8 Å². The van der Waals surface area contributed by atoms with Crippen molar-refractivity contribution in [3.63, 3.8) is 0 Å². The van der Waals surface area contributed by atoms with Crippen LogP contribution < -0.4 is 19.5 Å². The first kappa shape index (κ1) is 19.0. The highest BCUT2D eigenvalue weighted by Gasteiger charge is 2.19. The fourth-order valence-electron chi connectivity index (χ4n) is 3.90. The summed E-state index contributed by atoms with van der Waals surface area (Å²) in [5.41, 5.74) is 1.86. The molecule has 1 heterocycles. The van der Waals surface area contributed by atoms with Crippen LogP contribution in [0.4, 0.5) is 0 Å². The normalized spacial score (nSPS) is 16.1. The summed E-state index contributed by atoms with van der Waals surface area (Å²) in [6.07, 6.45) is -0.978. The van der Waals surface area contributed by atoms with Gasteiger partial charge in [0.1, 0.15) is 25.1 Å². The quantitative estimate of drug-likeness (QED) is 0.263. The van der Waals surface area contributed by atoms with E-state index in [1.807, 2.05) is 45.0 Å². The van der Waals surface area contributed by atoms with Crippen LogP contribution in [-0.2, 0) is 0 Å². The minimum Gasteiger partial charge on any atom is -0.490 e. The summed E-state index contributed by atoms with van der Waals surface area (Å²) in [5.74, 6) is 1.31. The van der Waals surface area contributed by atoms with Gasteiger partial charge in [-0.1, -0.05) is 18.2 Å². The van der Waals surface area contributed by atoms with Gasteiger partial charge < -0.3 is 29.6 Å². The summed E-state index contributed by atoms with van der Waals surface area (Å²) < 4.78 is 60.0. The molecule has 3 aromatic carbocycles. The zero-order chi connectivity index (χ0) is 29.3. The molecule has 0 spiro atoms. The first-order chi connectivity index (χ1) is 19.0. The van der Waals surface area contributed by atoms with Crippen LogP contribution in [0.1, 0.15) is 38.8 Å². The first-order valence-electron chi connectivity index (χ1n) is 14.4. The molecule has 0 saturated carbocycles. The number of ether oxygens (including phenoxy) is 3. The average Bonchev–Trinajstić information content (AvgIpc) is 3.34. The lowest BCUT2D eigenvalue weighted by molar-refractivity contribution is 0.0729. The SMILES string of the molecule is [2H]c1c([2H])c(OCC(O)C(C)NC(C)COc2ccccc2OCC)c2c([nH]c3c([2H])c(C)c(C)c([2H])c32)c1[2H]. The summed E-state index contributed by atoms with van der Waals surface area (Å²) in [6, 6.07) is 6.44. The van der Waals surface area contributed by atoms with Crippen molar-refractivity contribution in [3.8, 4) is 17.2 Å². The first-order valence-corrected chi connectivity index (χ1v) is 11.9. The topological polar surface area (TPSA) is 75.7 Å². The molecule has 0 saturated heterocycles. The summed E-state index contributed by atoms with van der Waals surface area (Å²) in [5, 5.41) is 14.9. The Morgan fingerprint density at radius 2 is 1.63 bits per heavy atom. The van der Waals surface area contributed by atoms with Crippen molar-refractivity contribution >= 4 is 21.8 Å². The fraction of sp³-hybridized carbons (Fsp3) is 0.379. The molecular formula is C29H36N2O4. The highest BCUT2D eigenvalue weighted by molar-refractivity contribution is 6.10. The standard InChI is InChI=1S/C29H36N2O4/c1-6-33-26-11-7-8-12-27(26)34-16-20(4)30-21(5)25(32)17-35-28-13-9-10-23-29(28)22-14-18(2)19(3)15-24(22)31-23/h7-15,20-21,25,30-32H,6,16-17H2,1-5H3/i9D,10D,13D,14D,15D. The number of nitrogens with one attached hydrogen (secondary N) is 2. The number of hydrogen-bond donors (Lipinski definition) is 3. The van der Waals surface area contributed by atoms with Crippen molar-refractivity contribution in [3.05, 3.63) is 65.6 Å². The van der Waals surface area contributed by atoms with E-state index in [9.17, 15) is 5.11 Å². The number of benzene rings is 3. The molecule has 0 radical (unpaired) electrons. The highest BCUT2D eigenvalue weighted by Crippen LogP contribution is 2.34. The molecule has 4 aromatic rings. The van der Waals surface area contributed by atoms with Crippen LogP contribution in [0.3, 0.4) is 0 Å². The summed E-state index contributed by atoms with van der Waals surface area (Å²) in [6.45, 7) is 9.85. The Labute approximate surface area is 214 Å². The van der Waals surface area contributed by atoms with Gasteiger partial charge in [0.25, 0.3) is 0 Å². The van der Waals surface area contributed by atoms with Gasteiger partial charge in [-0.05, 0) is 82.0 Å². The lowest BCUT2D eigenvalue weighted by Gasteiger charge is -2.25.